The summed E-state index contributed by atoms with van der Waals surface area (Å²) in [7, 11) is 0. The van der Waals surface area contributed by atoms with Gasteiger partial charge in [0.05, 0.1) is 5.69 Å². The third-order valence-electron chi connectivity index (χ3n) is 3.34. The normalized spacial score (nSPS) is 15.1. The van der Waals surface area contributed by atoms with E-state index in [1.54, 1.807) is 17.7 Å². The molecule has 2 aromatic heterocycles. The Labute approximate surface area is 111 Å². The second-order valence-electron chi connectivity index (χ2n) is 4.41. The summed E-state index contributed by atoms with van der Waals surface area (Å²) in [5.74, 6) is 0.301. The largest absolute Gasteiger partial charge is 0.240 e. The average Bonchev–Trinajstić information content (AvgIpc) is 2.56. The number of aromatic nitrogens is 2. The zero-order chi connectivity index (χ0) is 12.6. The van der Waals surface area contributed by atoms with Crippen LogP contribution in [-0.2, 0) is 0 Å². The van der Waals surface area contributed by atoms with Crippen LogP contribution in [0.25, 0.3) is 10.2 Å². The predicted molar refractivity (Wildman–Crippen MR) is 75.2 cm³/mol. The highest BCUT2D eigenvalue weighted by Crippen LogP contribution is 2.36. The van der Waals surface area contributed by atoms with Crippen LogP contribution < -0.4 is 0 Å². The van der Waals surface area contributed by atoms with E-state index in [-0.39, 0.29) is 5.38 Å². The maximum Gasteiger partial charge on any atom is 0.127 e. The lowest BCUT2D eigenvalue weighted by atomic mass is 9.95. The zero-order valence-electron chi connectivity index (χ0n) is 10.6. The number of rotatable bonds is 3. The molecule has 2 unspecified atom stereocenters. The molecule has 2 nitrogen and oxygen atoms in total. The minimum absolute atomic E-state index is 0.0951. The van der Waals surface area contributed by atoms with E-state index in [0.717, 1.165) is 16.9 Å². The van der Waals surface area contributed by atoms with E-state index in [1.807, 2.05) is 6.92 Å². The van der Waals surface area contributed by atoms with Crippen molar-refractivity contribution >= 4 is 33.2 Å². The average molecular weight is 269 g/mol. The quantitative estimate of drug-likeness (QED) is 0.770. The van der Waals surface area contributed by atoms with Crippen LogP contribution in [0.2, 0.25) is 0 Å². The molecule has 0 aromatic carbocycles. The molecule has 2 aromatic rings. The molecule has 0 bridgehead atoms. The summed E-state index contributed by atoms with van der Waals surface area (Å²) in [6.07, 6.45) is 2.67. The van der Waals surface area contributed by atoms with Gasteiger partial charge in [0.15, 0.2) is 0 Å². The van der Waals surface area contributed by atoms with E-state index in [4.69, 9.17) is 11.6 Å². The number of thiophene rings is 1. The number of hydrogen-bond acceptors (Lipinski definition) is 3. The molecule has 4 heteroatoms. The van der Waals surface area contributed by atoms with Gasteiger partial charge < -0.3 is 0 Å². The third kappa shape index (κ3) is 2.18. The summed E-state index contributed by atoms with van der Waals surface area (Å²) >= 11 is 8.02. The van der Waals surface area contributed by atoms with E-state index in [2.05, 4.69) is 30.7 Å². The molecule has 0 aliphatic carbocycles. The van der Waals surface area contributed by atoms with Crippen LogP contribution >= 0.6 is 22.9 Å². The zero-order valence-corrected chi connectivity index (χ0v) is 12.2. The molecule has 0 saturated heterocycles. The lowest BCUT2D eigenvalue weighted by Crippen LogP contribution is -2.11. The number of alkyl halides is 1. The van der Waals surface area contributed by atoms with Crippen LogP contribution in [0.5, 0.6) is 0 Å². The van der Waals surface area contributed by atoms with Gasteiger partial charge in [-0.3, -0.25) is 0 Å². The molecular weight excluding hydrogens is 252 g/mol. The summed E-state index contributed by atoms with van der Waals surface area (Å²) in [6, 6.07) is 0. The Morgan fingerprint density at radius 2 is 2.06 bits per heavy atom. The molecule has 2 heterocycles. The van der Waals surface area contributed by atoms with Crippen molar-refractivity contribution in [2.24, 2.45) is 0 Å². The monoisotopic (exact) mass is 268 g/mol. The molecule has 2 rings (SSSR count). The summed E-state index contributed by atoms with van der Waals surface area (Å²) in [5, 5.41) is 1.31. The van der Waals surface area contributed by atoms with Crippen molar-refractivity contribution in [3.8, 4) is 0 Å². The van der Waals surface area contributed by atoms with Crippen molar-refractivity contribution in [3.05, 3.63) is 22.5 Å². The van der Waals surface area contributed by atoms with E-state index in [9.17, 15) is 0 Å². The van der Waals surface area contributed by atoms with E-state index < -0.39 is 0 Å². The van der Waals surface area contributed by atoms with Gasteiger partial charge in [-0.25, -0.2) is 9.97 Å². The van der Waals surface area contributed by atoms with Crippen molar-refractivity contribution in [3.63, 3.8) is 0 Å². The molecule has 0 radical (unpaired) electrons. The molecule has 0 amide bonds. The third-order valence-corrected chi connectivity index (χ3v) is 4.76. The molecule has 0 aliphatic heterocycles. The first kappa shape index (κ1) is 12.8. The maximum atomic E-state index is 6.28. The molecule has 0 spiro atoms. The van der Waals surface area contributed by atoms with Crippen molar-refractivity contribution in [1.82, 2.24) is 9.97 Å². The number of fused-ring (bicyclic) bond motifs is 1. The van der Waals surface area contributed by atoms with Gasteiger partial charge in [-0.1, -0.05) is 6.92 Å². The molecule has 0 aliphatic rings. The highest BCUT2D eigenvalue weighted by Gasteiger charge is 2.22. The van der Waals surface area contributed by atoms with E-state index in [0.29, 0.717) is 5.92 Å². The minimum Gasteiger partial charge on any atom is -0.240 e. The van der Waals surface area contributed by atoms with E-state index >= 15 is 0 Å². The van der Waals surface area contributed by atoms with Crippen molar-refractivity contribution in [2.75, 3.05) is 0 Å². The first-order chi connectivity index (χ1) is 8.06. The highest BCUT2D eigenvalue weighted by molar-refractivity contribution is 7.18. The Hall–Kier alpha value is -0.670. The lowest BCUT2D eigenvalue weighted by Gasteiger charge is -2.17. The molecule has 0 N–H and O–H groups in total. The minimum atomic E-state index is 0.0951. The fourth-order valence-electron chi connectivity index (χ4n) is 2.23. The summed E-state index contributed by atoms with van der Waals surface area (Å²) in [6.45, 7) is 8.48. The Bertz CT molecular complexity index is 533. The molecule has 0 fully saturated rings. The van der Waals surface area contributed by atoms with Crippen LogP contribution in [-0.4, -0.2) is 15.3 Å². The van der Waals surface area contributed by atoms with Crippen molar-refractivity contribution in [1.29, 1.82) is 0 Å². The van der Waals surface area contributed by atoms with Gasteiger partial charge in [0.25, 0.3) is 0 Å². The van der Waals surface area contributed by atoms with Crippen molar-refractivity contribution in [2.45, 2.75) is 45.4 Å². The Balaban J connectivity index is 2.68. The smallest absolute Gasteiger partial charge is 0.127 e. The van der Waals surface area contributed by atoms with Crippen LogP contribution in [0.1, 0.15) is 42.3 Å². The van der Waals surface area contributed by atoms with Gasteiger partial charge in [-0.2, -0.15) is 0 Å². The second kappa shape index (κ2) is 4.91. The Morgan fingerprint density at radius 1 is 1.35 bits per heavy atom. The first-order valence-electron chi connectivity index (χ1n) is 5.90. The number of halogens is 1. The van der Waals surface area contributed by atoms with E-state index in [1.165, 1.54) is 15.8 Å². The Kier molecular flexibility index (Phi) is 3.69. The fraction of sp³-hybridized carbons (Fsp3) is 0.538. The number of nitrogens with zero attached hydrogens (tertiary/aromatic N) is 2. The number of hydrogen-bond donors (Lipinski definition) is 0. The van der Waals surface area contributed by atoms with Crippen LogP contribution in [0.4, 0.5) is 0 Å². The van der Waals surface area contributed by atoms with Gasteiger partial charge in [0.1, 0.15) is 11.2 Å². The molecule has 17 heavy (non-hydrogen) atoms. The van der Waals surface area contributed by atoms with Gasteiger partial charge in [-0.05, 0) is 32.8 Å². The SMILES string of the molecule is CCC(c1ncnc2sc(C)c(C)c12)C(C)Cl. The van der Waals surface area contributed by atoms with Crippen LogP contribution in [0, 0.1) is 13.8 Å². The summed E-state index contributed by atoms with van der Waals surface area (Å²) in [5.41, 5.74) is 2.42. The molecule has 2 atom stereocenters. The van der Waals surface area contributed by atoms with Gasteiger partial charge in [-0.15, -0.1) is 22.9 Å². The summed E-state index contributed by atoms with van der Waals surface area (Å²) < 4.78 is 0. The maximum absolute atomic E-state index is 6.28. The number of aryl methyl sites for hydroxylation is 2. The molecule has 92 valence electrons. The Morgan fingerprint density at radius 3 is 2.65 bits per heavy atom. The molecular formula is C13H17ClN2S. The topological polar surface area (TPSA) is 25.8 Å². The first-order valence-corrected chi connectivity index (χ1v) is 7.16. The fourth-order valence-corrected chi connectivity index (χ4v) is 3.53. The predicted octanol–water partition coefficient (Wildman–Crippen LogP) is 4.43. The van der Waals surface area contributed by atoms with Crippen LogP contribution in [0.15, 0.2) is 6.33 Å². The lowest BCUT2D eigenvalue weighted by molar-refractivity contribution is 0.635. The second-order valence-corrected chi connectivity index (χ2v) is 6.31. The standard InChI is InChI=1S/C13H17ClN2S/c1-5-10(8(3)14)12-11-7(2)9(4)17-13(11)16-6-15-12/h6,8,10H,5H2,1-4H3. The van der Waals surface area contributed by atoms with Crippen LogP contribution in [0.3, 0.4) is 0 Å². The summed E-state index contributed by atoms with van der Waals surface area (Å²) in [4.78, 5) is 11.3. The highest BCUT2D eigenvalue weighted by atomic mass is 35.5. The van der Waals surface area contributed by atoms with Gasteiger partial charge >= 0.3 is 0 Å². The molecule has 0 saturated carbocycles. The van der Waals surface area contributed by atoms with Gasteiger partial charge in [0.2, 0.25) is 0 Å². The van der Waals surface area contributed by atoms with Crippen molar-refractivity contribution < 1.29 is 0 Å². The van der Waals surface area contributed by atoms with Gasteiger partial charge in [0, 0.05) is 21.6 Å².